The van der Waals surface area contributed by atoms with Gasteiger partial charge in [0, 0.05) is 12.1 Å². The van der Waals surface area contributed by atoms with Crippen LogP contribution < -0.4 is 9.47 Å². The lowest BCUT2D eigenvalue weighted by molar-refractivity contribution is -0.143. The van der Waals surface area contributed by atoms with Crippen LogP contribution in [-0.4, -0.2) is 22.7 Å². The Labute approximate surface area is 166 Å². The van der Waals surface area contributed by atoms with Crippen molar-refractivity contribution in [2.24, 2.45) is 17.8 Å². The molecule has 0 spiro atoms. The quantitative estimate of drug-likeness (QED) is 0.607. The molecule has 1 aromatic carbocycles. The van der Waals surface area contributed by atoms with Crippen molar-refractivity contribution in [2.45, 2.75) is 46.1 Å². The van der Waals surface area contributed by atoms with Crippen molar-refractivity contribution in [2.75, 3.05) is 6.61 Å². The Morgan fingerprint density at radius 2 is 1.89 bits per heavy atom. The highest BCUT2D eigenvalue weighted by Crippen LogP contribution is 2.33. The van der Waals surface area contributed by atoms with E-state index in [1.165, 1.54) is 12.8 Å². The minimum atomic E-state index is -0.794. The zero-order chi connectivity index (χ0) is 19.9. The molecule has 5 nitrogen and oxygen atoms in total. The molecule has 0 aliphatic heterocycles. The maximum Gasteiger partial charge on any atom is 0.307 e. The molecule has 1 saturated carbocycles. The van der Waals surface area contributed by atoms with E-state index in [-0.39, 0.29) is 5.92 Å². The third-order valence-electron chi connectivity index (χ3n) is 5.13. The van der Waals surface area contributed by atoms with Gasteiger partial charge in [-0.05, 0) is 36.0 Å². The Kier molecular flexibility index (Phi) is 6.90. The van der Waals surface area contributed by atoms with Crippen LogP contribution in [-0.2, 0) is 17.8 Å². The molecule has 150 valence electrons. The number of hydrogen-bond acceptors (Lipinski definition) is 4. The van der Waals surface area contributed by atoms with Crippen molar-refractivity contribution in [3.05, 3.63) is 53.7 Å². The van der Waals surface area contributed by atoms with Gasteiger partial charge < -0.3 is 14.6 Å². The Bertz CT molecular complexity index is 771. The van der Waals surface area contributed by atoms with Gasteiger partial charge in [-0.25, -0.2) is 4.98 Å². The van der Waals surface area contributed by atoms with Gasteiger partial charge in [0.25, 0.3) is 5.88 Å². The Balaban J connectivity index is 1.72. The summed E-state index contributed by atoms with van der Waals surface area (Å²) in [6.45, 7) is 4.88. The molecule has 1 unspecified atom stereocenters. The summed E-state index contributed by atoms with van der Waals surface area (Å²) in [5, 5.41) is 9.46. The third kappa shape index (κ3) is 5.98. The fraction of sp³-hybridized carbons (Fsp3) is 0.478. The fourth-order valence-electron chi connectivity index (χ4n) is 3.09. The summed E-state index contributed by atoms with van der Waals surface area (Å²) in [5.41, 5.74) is 1.79. The number of carbonyl (C=O) groups is 1. The molecule has 0 amide bonds. The molecule has 1 aliphatic rings. The van der Waals surface area contributed by atoms with E-state index in [2.05, 4.69) is 4.98 Å². The number of carboxylic acids is 1. The van der Waals surface area contributed by atoms with Gasteiger partial charge in [0.05, 0.1) is 12.5 Å². The number of nitrogens with zero attached hydrogens (tertiary/aromatic N) is 1. The highest BCUT2D eigenvalue weighted by atomic mass is 16.5. The summed E-state index contributed by atoms with van der Waals surface area (Å²) < 4.78 is 11.9. The average molecular weight is 383 g/mol. The lowest BCUT2D eigenvalue weighted by Crippen LogP contribution is -2.22. The lowest BCUT2D eigenvalue weighted by Gasteiger charge is -2.17. The number of aliphatic carboxylic acids is 1. The molecular formula is C23H29NO4. The van der Waals surface area contributed by atoms with E-state index in [4.69, 9.17) is 9.47 Å². The first-order valence-corrected chi connectivity index (χ1v) is 10.0. The SMILES string of the molecule is CC(C)C(Cc1ccc(OCc2ccccc2)c(OCCC2CC2)n1)C(=O)O. The molecule has 28 heavy (non-hydrogen) atoms. The van der Waals surface area contributed by atoms with Crippen LogP contribution in [0.1, 0.15) is 44.4 Å². The van der Waals surface area contributed by atoms with Gasteiger partial charge in [0.15, 0.2) is 5.75 Å². The molecule has 1 N–H and O–H groups in total. The summed E-state index contributed by atoms with van der Waals surface area (Å²) >= 11 is 0. The second-order valence-electron chi connectivity index (χ2n) is 7.85. The van der Waals surface area contributed by atoms with Crippen molar-refractivity contribution in [1.29, 1.82) is 0 Å². The molecule has 2 aromatic rings. The Hall–Kier alpha value is -2.56. The number of pyridine rings is 1. The normalized spacial score (nSPS) is 14.7. The number of aromatic nitrogens is 1. The lowest BCUT2D eigenvalue weighted by atomic mass is 9.91. The van der Waals surface area contributed by atoms with E-state index in [1.54, 1.807) is 0 Å². The van der Waals surface area contributed by atoms with Crippen LogP contribution >= 0.6 is 0 Å². The maximum absolute atomic E-state index is 11.5. The van der Waals surface area contributed by atoms with Gasteiger partial charge in [0.2, 0.25) is 0 Å². The standard InChI is InChI=1S/C23H29NO4/c1-16(2)20(23(25)26)14-19-10-11-21(28-15-18-6-4-3-5-7-18)22(24-19)27-13-12-17-8-9-17/h3-7,10-11,16-17,20H,8-9,12-15H2,1-2H3,(H,25,26). The zero-order valence-electron chi connectivity index (χ0n) is 16.6. The highest BCUT2D eigenvalue weighted by molar-refractivity contribution is 5.70. The van der Waals surface area contributed by atoms with Crippen LogP contribution in [0.5, 0.6) is 11.6 Å². The summed E-state index contributed by atoms with van der Waals surface area (Å²) in [5.74, 6) is 0.601. The molecule has 1 aliphatic carbocycles. The summed E-state index contributed by atoms with van der Waals surface area (Å²) in [6, 6.07) is 13.6. The van der Waals surface area contributed by atoms with Gasteiger partial charge in [-0.1, -0.05) is 57.0 Å². The van der Waals surface area contributed by atoms with Gasteiger partial charge in [-0.2, -0.15) is 0 Å². The van der Waals surface area contributed by atoms with E-state index in [0.717, 1.165) is 23.6 Å². The van der Waals surface area contributed by atoms with Crippen molar-refractivity contribution in [1.82, 2.24) is 4.98 Å². The molecule has 0 bridgehead atoms. The number of ether oxygens (including phenoxy) is 2. The molecule has 3 rings (SSSR count). The number of hydrogen-bond donors (Lipinski definition) is 1. The smallest absolute Gasteiger partial charge is 0.307 e. The Morgan fingerprint density at radius 3 is 2.54 bits per heavy atom. The molecule has 0 saturated heterocycles. The van der Waals surface area contributed by atoms with Crippen LogP contribution in [0.15, 0.2) is 42.5 Å². The van der Waals surface area contributed by atoms with E-state index in [0.29, 0.717) is 31.3 Å². The Morgan fingerprint density at radius 1 is 1.14 bits per heavy atom. The number of carboxylic acid groups (broad SMARTS) is 1. The monoisotopic (exact) mass is 383 g/mol. The fourth-order valence-corrected chi connectivity index (χ4v) is 3.09. The van der Waals surface area contributed by atoms with Crippen molar-refractivity contribution in [3.8, 4) is 11.6 Å². The predicted octanol–water partition coefficient (Wildman–Crippen LogP) is 4.74. The first-order chi connectivity index (χ1) is 13.5. The van der Waals surface area contributed by atoms with Gasteiger partial charge in [-0.3, -0.25) is 4.79 Å². The van der Waals surface area contributed by atoms with E-state index >= 15 is 0 Å². The van der Waals surface area contributed by atoms with Crippen LogP contribution in [0.4, 0.5) is 0 Å². The van der Waals surface area contributed by atoms with Gasteiger partial charge >= 0.3 is 5.97 Å². The molecule has 5 heteroatoms. The molecule has 1 aromatic heterocycles. The van der Waals surface area contributed by atoms with Crippen LogP contribution in [0, 0.1) is 17.8 Å². The van der Waals surface area contributed by atoms with E-state index < -0.39 is 11.9 Å². The van der Waals surface area contributed by atoms with Crippen LogP contribution in [0.25, 0.3) is 0 Å². The largest absolute Gasteiger partial charge is 0.483 e. The predicted molar refractivity (Wildman–Crippen MR) is 108 cm³/mol. The molecule has 1 fully saturated rings. The minimum Gasteiger partial charge on any atom is -0.483 e. The number of rotatable bonds is 11. The molecular weight excluding hydrogens is 354 g/mol. The average Bonchev–Trinajstić information content (AvgIpc) is 3.50. The minimum absolute atomic E-state index is 0.0348. The summed E-state index contributed by atoms with van der Waals surface area (Å²) in [7, 11) is 0. The topological polar surface area (TPSA) is 68.7 Å². The zero-order valence-corrected chi connectivity index (χ0v) is 16.6. The second kappa shape index (κ2) is 9.58. The number of benzene rings is 1. The van der Waals surface area contributed by atoms with Crippen LogP contribution in [0.3, 0.4) is 0 Å². The van der Waals surface area contributed by atoms with Gasteiger partial charge in [-0.15, -0.1) is 0 Å². The van der Waals surface area contributed by atoms with Crippen molar-refractivity contribution >= 4 is 5.97 Å². The summed E-state index contributed by atoms with van der Waals surface area (Å²) in [4.78, 5) is 16.1. The maximum atomic E-state index is 11.5. The van der Waals surface area contributed by atoms with E-state index in [1.807, 2.05) is 56.3 Å². The molecule has 1 heterocycles. The molecule has 1 atom stereocenters. The first kappa shape index (κ1) is 20.2. The third-order valence-corrected chi connectivity index (χ3v) is 5.13. The van der Waals surface area contributed by atoms with Crippen molar-refractivity contribution in [3.63, 3.8) is 0 Å². The van der Waals surface area contributed by atoms with Crippen molar-refractivity contribution < 1.29 is 19.4 Å². The van der Waals surface area contributed by atoms with Gasteiger partial charge in [0.1, 0.15) is 6.61 Å². The second-order valence-corrected chi connectivity index (χ2v) is 7.85. The first-order valence-electron chi connectivity index (χ1n) is 10.0. The molecule has 0 radical (unpaired) electrons. The van der Waals surface area contributed by atoms with Crippen LogP contribution in [0.2, 0.25) is 0 Å². The van der Waals surface area contributed by atoms with E-state index in [9.17, 15) is 9.90 Å². The summed E-state index contributed by atoms with van der Waals surface area (Å²) in [6.07, 6.45) is 3.96. The highest BCUT2D eigenvalue weighted by Gasteiger charge is 2.24.